The second-order valence-corrected chi connectivity index (χ2v) is 3.83. The van der Waals surface area contributed by atoms with Crippen molar-refractivity contribution >= 4 is 0 Å². The zero-order valence-corrected chi connectivity index (χ0v) is 8.70. The van der Waals surface area contributed by atoms with Crippen LogP contribution in [0.5, 0.6) is 0 Å². The van der Waals surface area contributed by atoms with E-state index in [2.05, 4.69) is 18.4 Å². The van der Waals surface area contributed by atoms with E-state index in [4.69, 9.17) is 0 Å². The van der Waals surface area contributed by atoms with Gasteiger partial charge in [-0.15, -0.1) is 0 Å². The predicted octanol–water partition coefficient (Wildman–Crippen LogP) is 2.59. The van der Waals surface area contributed by atoms with Gasteiger partial charge in [0.2, 0.25) is 0 Å². The number of aliphatic hydroxyl groups excluding tert-OH is 1. The third-order valence-corrected chi connectivity index (χ3v) is 2.48. The maximum absolute atomic E-state index is 9.32. The summed E-state index contributed by atoms with van der Waals surface area (Å²) in [5, 5.41) is 9.32. The highest BCUT2D eigenvalue weighted by Crippen LogP contribution is 2.13. The van der Waals surface area contributed by atoms with E-state index < -0.39 is 0 Å². The lowest BCUT2D eigenvalue weighted by Crippen LogP contribution is -2.04. The molecular formula is C11H19NO. The predicted molar refractivity (Wildman–Crippen MR) is 54.5 cm³/mol. The summed E-state index contributed by atoms with van der Waals surface area (Å²) in [7, 11) is 0. The van der Waals surface area contributed by atoms with Crippen LogP contribution in [0.25, 0.3) is 0 Å². The number of hydrogen-bond donors (Lipinski definition) is 1. The summed E-state index contributed by atoms with van der Waals surface area (Å²) in [5.74, 6) is 0.703. The van der Waals surface area contributed by atoms with Crippen LogP contribution in [-0.2, 0) is 6.54 Å². The molecule has 0 aliphatic carbocycles. The summed E-state index contributed by atoms with van der Waals surface area (Å²) < 4.78 is 2.15. The van der Waals surface area contributed by atoms with Gasteiger partial charge in [-0.2, -0.15) is 0 Å². The first-order valence-corrected chi connectivity index (χ1v) is 4.97. The van der Waals surface area contributed by atoms with Crippen LogP contribution in [0.4, 0.5) is 0 Å². The van der Waals surface area contributed by atoms with Crippen LogP contribution in [0.3, 0.4) is 0 Å². The zero-order valence-electron chi connectivity index (χ0n) is 8.70. The SMILES string of the molecule is CCC(C)Cn1ccc(C(C)O)c1. The van der Waals surface area contributed by atoms with E-state index >= 15 is 0 Å². The van der Waals surface area contributed by atoms with Crippen molar-refractivity contribution in [3.05, 3.63) is 24.0 Å². The maximum atomic E-state index is 9.32. The Bertz CT molecular complexity index is 252. The lowest BCUT2D eigenvalue weighted by molar-refractivity contribution is 0.199. The maximum Gasteiger partial charge on any atom is 0.0776 e. The van der Waals surface area contributed by atoms with Crippen LogP contribution in [0.1, 0.15) is 38.9 Å². The first-order valence-electron chi connectivity index (χ1n) is 4.97. The Labute approximate surface area is 80.2 Å². The lowest BCUT2D eigenvalue weighted by Gasteiger charge is -2.09. The van der Waals surface area contributed by atoms with Crippen molar-refractivity contribution in [2.75, 3.05) is 0 Å². The van der Waals surface area contributed by atoms with Gasteiger partial charge < -0.3 is 9.67 Å². The molecule has 0 saturated heterocycles. The molecule has 0 bridgehead atoms. The van der Waals surface area contributed by atoms with Crippen molar-refractivity contribution < 1.29 is 5.11 Å². The molecule has 13 heavy (non-hydrogen) atoms. The standard InChI is InChI=1S/C11H19NO/c1-4-9(2)7-12-6-5-11(8-12)10(3)13/h5-6,8-10,13H,4,7H2,1-3H3. The Morgan fingerprint density at radius 3 is 2.62 bits per heavy atom. The molecule has 2 unspecified atom stereocenters. The van der Waals surface area contributed by atoms with Crippen LogP contribution < -0.4 is 0 Å². The van der Waals surface area contributed by atoms with Gasteiger partial charge >= 0.3 is 0 Å². The van der Waals surface area contributed by atoms with E-state index in [1.807, 2.05) is 18.5 Å². The van der Waals surface area contributed by atoms with Gasteiger partial charge in [0, 0.05) is 18.9 Å². The van der Waals surface area contributed by atoms with Gasteiger partial charge in [-0.25, -0.2) is 0 Å². The summed E-state index contributed by atoms with van der Waals surface area (Å²) in [6.07, 6.45) is 4.91. The molecule has 74 valence electrons. The largest absolute Gasteiger partial charge is 0.389 e. The van der Waals surface area contributed by atoms with Crippen molar-refractivity contribution in [1.82, 2.24) is 4.57 Å². The quantitative estimate of drug-likeness (QED) is 0.758. The molecule has 0 aromatic carbocycles. The molecule has 2 atom stereocenters. The van der Waals surface area contributed by atoms with Crippen LogP contribution >= 0.6 is 0 Å². The van der Waals surface area contributed by atoms with E-state index in [1.165, 1.54) is 6.42 Å². The summed E-state index contributed by atoms with van der Waals surface area (Å²) in [6, 6.07) is 1.98. The molecule has 0 aliphatic rings. The van der Waals surface area contributed by atoms with Crippen molar-refractivity contribution in [1.29, 1.82) is 0 Å². The fourth-order valence-corrected chi connectivity index (χ4v) is 1.31. The molecule has 2 nitrogen and oxygen atoms in total. The molecule has 0 amide bonds. The monoisotopic (exact) mass is 181 g/mol. The highest BCUT2D eigenvalue weighted by atomic mass is 16.3. The Morgan fingerprint density at radius 2 is 2.15 bits per heavy atom. The minimum absolute atomic E-state index is 0.349. The van der Waals surface area contributed by atoms with Crippen molar-refractivity contribution in [2.45, 2.75) is 39.8 Å². The summed E-state index contributed by atoms with van der Waals surface area (Å²) >= 11 is 0. The van der Waals surface area contributed by atoms with E-state index in [-0.39, 0.29) is 6.10 Å². The minimum atomic E-state index is -0.349. The van der Waals surface area contributed by atoms with Crippen molar-refractivity contribution in [3.8, 4) is 0 Å². The van der Waals surface area contributed by atoms with E-state index in [9.17, 15) is 5.11 Å². The third-order valence-electron chi connectivity index (χ3n) is 2.48. The van der Waals surface area contributed by atoms with E-state index in [0.717, 1.165) is 12.1 Å². The minimum Gasteiger partial charge on any atom is -0.389 e. The number of nitrogens with zero attached hydrogens (tertiary/aromatic N) is 1. The van der Waals surface area contributed by atoms with Crippen LogP contribution in [0, 0.1) is 5.92 Å². The summed E-state index contributed by atoms with van der Waals surface area (Å²) in [4.78, 5) is 0. The molecule has 0 spiro atoms. The highest BCUT2D eigenvalue weighted by molar-refractivity contribution is 5.12. The first kappa shape index (κ1) is 10.3. The number of hydrogen-bond acceptors (Lipinski definition) is 1. The van der Waals surface area contributed by atoms with Gasteiger partial charge in [0.25, 0.3) is 0 Å². The number of rotatable bonds is 4. The molecule has 0 radical (unpaired) electrons. The van der Waals surface area contributed by atoms with Gasteiger partial charge in [-0.3, -0.25) is 0 Å². The van der Waals surface area contributed by atoms with Crippen LogP contribution in [0.15, 0.2) is 18.5 Å². The molecule has 1 aromatic heterocycles. The fourth-order valence-electron chi connectivity index (χ4n) is 1.31. The fraction of sp³-hybridized carbons (Fsp3) is 0.636. The first-order chi connectivity index (χ1) is 6.13. The summed E-state index contributed by atoms with van der Waals surface area (Å²) in [5.41, 5.74) is 1.00. The zero-order chi connectivity index (χ0) is 9.84. The lowest BCUT2D eigenvalue weighted by atomic mass is 10.1. The van der Waals surface area contributed by atoms with Gasteiger partial charge in [-0.05, 0) is 24.5 Å². The molecule has 2 heteroatoms. The van der Waals surface area contributed by atoms with E-state index in [0.29, 0.717) is 5.92 Å². The molecule has 0 fully saturated rings. The molecule has 1 heterocycles. The highest BCUT2D eigenvalue weighted by Gasteiger charge is 2.04. The van der Waals surface area contributed by atoms with Gasteiger partial charge in [0.15, 0.2) is 0 Å². The van der Waals surface area contributed by atoms with E-state index in [1.54, 1.807) is 6.92 Å². The smallest absolute Gasteiger partial charge is 0.0776 e. The van der Waals surface area contributed by atoms with Crippen molar-refractivity contribution in [3.63, 3.8) is 0 Å². The van der Waals surface area contributed by atoms with Gasteiger partial charge in [-0.1, -0.05) is 20.3 Å². The second-order valence-electron chi connectivity index (χ2n) is 3.83. The Kier molecular flexibility index (Phi) is 3.55. The summed E-state index contributed by atoms with van der Waals surface area (Å²) in [6.45, 7) is 7.28. The molecule has 1 N–H and O–H groups in total. The second kappa shape index (κ2) is 4.47. The van der Waals surface area contributed by atoms with Crippen LogP contribution in [0.2, 0.25) is 0 Å². The van der Waals surface area contributed by atoms with Gasteiger partial charge in [0.1, 0.15) is 0 Å². The van der Waals surface area contributed by atoms with Gasteiger partial charge in [0.05, 0.1) is 6.10 Å². The Morgan fingerprint density at radius 1 is 1.46 bits per heavy atom. The van der Waals surface area contributed by atoms with Crippen molar-refractivity contribution in [2.24, 2.45) is 5.92 Å². The molecule has 0 saturated carbocycles. The Balaban J connectivity index is 2.58. The average molecular weight is 181 g/mol. The topological polar surface area (TPSA) is 25.2 Å². The third kappa shape index (κ3) is 2.88. The number of aromatic nitrogens is 1. The molecular weight excluding hydrogens is 162 g/mol. The van der Waals surface area contributed by atoms with Crippen LogP contribution in [-0.4, -0.2) is 9.67 Å². The Hall–Kier alpha value is -0.760. The molecule has 0 aliphatic heterocycles. The normalized spacial score (nSPS) is 15.7. The average Bonchev–Trinajstić information content (AvgIpc) is 2.52. The number of aliphatic hydroxyl groups is 1. The molecule has 1 rings (SSSR count). The molecule has 1 aromatic rings.